The molecule has 3 aromatic heterocycles. The number of hydrogen-bond acceptors (Lipinski definition) is 12. The van der Waals surface area contributed by atoms with Gasteiger partial charge in [0, 0.05) is 36.4 Å². The highest BCUT2D eigenvalue weighted by molar-refractivity contribution is 7.23. The number of pyridine rings is 1. The van der Waals surface area contributed by atoms with Crippen LogP contribution < -0.4 is 25.8 Å². The molecule has 282 valence electrons. The molecule has 0 saturated carbocycles. The van der Waals surface area contributed by atoms with Crippen LogP contribution in [0.5, 0.6) is 11.8 Å². The number of halogens is 5. The van der Waals surface area contributed by atoms with Gasteiger partial charge < -0.3 is 30.6 Å². The molecule has 0 bridgehead atoms. The van der Waals surface area contributed by atoms with Crippen LogP contribution >= 0.6 is 11.3 Å². The number of thiophene rings is 1. The lowest BCUT2D eigenvalue weighted by Gasteiger charge is -2.33. The molecule has 2 aliphatic heterocycles. The molecule has 0 unspecified atom stereocenters. The fourth-order valence-electron chi connectivity index (χ4n) is 7.74. The van der Waals surface area contributed by atoms with Crippen LogP contribution in [0.15, 0.2) is 43.1 Å². The molecule has 4 N–H and O–H groups in total. The minimum atomic E-state index is -5.23. The van der Waals surface area contributed by atoms with E-state index in [9.17, 15) is 5.26 Å². The smallest absolute Gasteiger partial charge is 0.420 e. The number of rotatable bonds is 9. The van der Waals surface area contributed by atoms with Crippen molar-refractivity contribution in [3.63, 3.8) is 0 Å². The average molecular weight is 767 g/mol. The molecule has 0 aliphatic carbocycles. The van der Waals surface area contributed by atoms with Crippen LogP contribution in [0.2, 0.25) is 0 Å². The molecule has 11 nitrogen and oxygen atoms in total. The zero-order valence-electron chi connectivity index (χ0n) is 29.4. The molecule has 2 aliphatic rings. The summed E-state index contributed by atoms with van der Waals surface area (Å²) in [6.07, 6.45) is -1.98. The Hall–Kier alpha value is -5.31. The molecule has 0 amide bonds. The van der Waals surface area contributed by atoms with Crippen molar-refractivity contribution in [2.24, 2.45) is 0 Å². The number of ether oxygens (including phenoxy) is 3. The van der Waals surface area contributed by atoms with Gasteiger partial charge in [0.05, 0.1) is 40.4 Å². The van der Waals surface area contributed by atoms with E-state index in [1.165, 1.54) is 6.20 Å². The van der Waals surface area contributed by atoms with Crippen molar-refractivity contribution in [1.82, 2.24) is 19.9 Å². The number of nitriles is 1. The Morgan fingerprint density at radius 2 is 1.96 bits per heavy atom. The number of benzene rings is 2. The second-order valence-corrected chi connectivity index (χ2v) is 14.2. The summed E-state index contributed by atoms with van der Waals surface area (Å²) < 4.78 is 97.0. The SMILES string of the molecule is C=CC[C@H](c1cccnc1N)N1CCOc2c(C(F)(F)F)c(-c3ccc(F)c4sc(N)c(C#N)c34)c(F)c3nc(O[C@@H](C)[C@@H]4[C@@H](OC)CCN4C)nc1c23. The number of likely N-dealkylation sites (N-methyl/N-ethyl adjacent to an activating group) is 1. The van der Waals surface area contributed by atoms with Crippen LogP contribution in [0.25, 0.3) is 32.1 Å². The molecule has 4 atom stereocenters. The summed E-state index contributed by atoms with van der Waals surface area (Å²) in [5.41, 5.74) is 9.15. The molecule has 1 fully saturated rings. The lowest BCUT2D eigenvalue weighted by Crippen LogP contribution is -2.45. The highest BCUT2D eigenvalue weighted by atomic mass is 32.1. The fraction of sp³-hybridized carbons (Fsp3) is 0.351. The Morgan fingerprint density at radius 1 is 1.19 bits per heavy atom. The Labute approximate surface area is 310 Å². The van der Waals surface area contributed by atoms with E-state index < -0.39 is 57.9 Å². The molecule has 7 rings (SSSR count). The van der Waals surface area contributed by atoms with E-state index in [0.717, 1.165) is 18.6 Å². The highest BCUT2D eigenvalue weighted by Gasteiger charge is 2.45. The quantitative estimate of drug-likeness (QED) is 0.116. The molecular weight excluding hydrogens is 732 g/mol. The van der Waals surface area contributed by atoms with Crippen LogP contribution in [0.4, 0.5) is 38.6 Å². The monoisotopic (exact) mass is 766 g/mol. The third kappa shape index (κ3) is 6.07. The largest absolute Gasteiger partial charge is 0.490 e. The van der Waals surface area contributed by atoms with E-state index in [4.69, 9.17) is 30.7 Å². The number of aromatic nitrogens is 3. The number of hydrogen-bond donors (Lipinski definition) is 2. The van der Waals surface area contributed by atoms with E-state index in [1.807, 2.05) is 18.0 Å². The maximum Gasteiger partial charge on any atom is 0.420 e. The second-order valence-electron chi connectivity index (χ2n) is 13.1. The zero-order chi connectivity index (χ0) is 38.6. The first kappa shape index (κ1) is 37.0. The third-order valence-electron chi connectivity index (χ3n) is 10.1. The Kier molecular flexibility index (Phi) is 9.71. The van der Waals surface area contributed by atoms with Gasteiger partial charge in [0.2, 0.25) is 0 Å². The standard InChI is InChI=1S/C37H35F5N8O3S/c1-5-7-22(18-8-6-12-46-33(18)44)50-14-15-52-31-26-29(47-36(48-35(26)50)53-17(2)30-23(51-4)11-13-49(30)3)28(39)25(27(31)37(40,41)42)19-9-10-21(38)32-24(19)20(16-43)34(45)54-32/h5-6,8-10,12,17,22-23,30H,1,7,11,13-15,45H2,2-4H3,(H2,44,46)/t17-,22+,23-,30+/m0/s1. The van der Waals surface area contributed by atoms with Crippen molar-refractivity contribution in [3.05, 3.63) is 71.4 Å². The van der Waals surface area contributed by atoms with E-state index in [2.05, 4.69) is 16.5 Å². The molecule has 5 aromatic rings. The van der Waals surface area contributed by atoms with Gasteiger partial charge >= 0.3 is 12.2 Å². The van der Waals surface area contributed by atoms with Gasteiger partial charge in [0.1, 0.15) is 58.1 Å². The van der Waals surface area contributed by atoms with Crippen LogP contribution in [0.3, 0.4) is 0 Å². The van der Waals surface area contributed by atoms with Gasteiger partial charge in [-0.15, -0.1) is 17.9 Å². The number of nitrogens with two attached hydrogens (primary N) is 2. The van der Waals surface area contributed by atoms with Gasteiger partial charge in [0.25, 0.3) is 0 Å². The highest BCUT2D eigenvalue weighted by Crippen LogP contribution is 2.54. The van der Waals surface area contributed by atoms with Gasteiger partial charge in [-0.3, -0.25) is 4.90 Å². The van der Waals surface area contributed by atoms with E-state index in [1.54, 1.807) is 37.1 Å². The molecular formula is C37H35F5N8O3S. The lowest BCUT2D eigenvalue weighted by atomic mass is 9.91. The number of nitrogen functional groups attached to an aromatic ring is 2. The predicted molar refractivity (Wildman–Crippen MR) is 195 cm³/mol. The normalized spacial score (nSPS) is 18.7. The van der Waals surface area contributed by atoms with Crippen molar-refractivity contribution in [1.29, 1.82) is 5.26 Å². The van der Waals surface area contributed by atoms with Gasteiger partial charge in [-0.2, -0.15) is 28.4 Å². The minimum absolute atomic E-state index is 0.0333. The van der Waals surface area contributed by atoms with E-state index in [-0.39, 0.29) is 75.4 Å². The maximum atomic E-state index is 17.5. The first-order valence-electron chi connectivity index (χ1n) is 17.0. The summed E-state index contributed by atoms with van der Waals surface area (Å²) in [6, 6.07) is 5.87. The molecule has 0 spiro atoms. The van der Waals surface area contributed by atoms with Crippen LogP contribution in [0, 0.1) is 23.0 Å². The topological polar surface area (TPSA) is 149 Å². The van der Waals surface area contributed by atoms with Crippen LogP contribution in [-0.2, 0) is 10.9 Å². The summed E-state index contributed by atoms with van der Waals surface area (Å²) in [4.78, 5) is 17.0. The number of alkyl halides is 3. The molecule has 2 aromatic carbocycles. The summed E-state index contributed by atoms with van der Waals surface area (Å²) in [6.45, 7) is 6.04. The number of likely N-dealkylation sites (tertiary alicyclic amines) is 1. The minimum Gasteiger partial charge on any atom is -0.490 e. The summed E-state index contributed by atoms with van der Waals surface area (Å²) in [5, 5.41) is 9.19. The summed E-state index contributed by atoms with van der Waals surface area (Å²) in [7, 11) is 3.50. The Bertz CT molecular complexity index is 2330. The third-order valence-corrected chi connectivity index (χ3v) is 11.1. The van der Waals surface area contributed by atoms with Crippen molar-refractivity contribution < 1.29 is 36.2 Å². The van der Waals surface area contributed by atoms with Crippen molar-refractivity contribution in [2.75, 3.05) is 50.2 Å². The van der Waals surface area contributed by atoms with Gasteiger partial charge in [-0.1, -0.05) is 18.2 Å². The van der Waals surface area contributed by atoms with Crippen molar-refractivity contribution >= 4 is 49.0 Å². The van der Waals surface area contributed by atoms with E-state index in [0.29, 0.717) is 23.4 Å². The van der Waals surface area contributed by atoms with Gasteiger partial charge in [0.15, 0.2) is 5.82 Å². The van der Waals surface area contributed by atoms with E-state index >= 15 is 22.0 Å². The average Bonchev–Trinajstić information content (AvgIpc) is 3.62. The lowest BCUT2D eigenvalue weighted by molar-refractivity contribution is -0.138. The van der Waals surface area contributed by atoms with Crippen molar-refractivity contribution in [2.45, 2.75) is 50.2 Å². The Morgan fingerprint density at radius 3 is 2.65 bits per heavy atom. The number of methoxy groups -OCH3 is 1. The summed E-state index contributed by atoms with van der Waals surface area (Å²) >= 11 is 0.674. The first-order chi connectivity index (χ1) is 25.8. The number of nitrogens with zero attached hydrogens (tertiary/aromatic N) is 6. The second kappa shape index (κ2) is 14.2. The van der Waals surface area contributed by atoms with Crippen LogP contribution in [0.1, 0.15) is 42.5 Å². The molecule has 1 saturated heterocycles. The van der Waals surface area contributed by atoms with Gasteiger partial charge in [-0.05, 0) is 44.5 Å². The van der Waals surface area contributed by atoms with Crippen LogP contribution in [-0.4, -0.2) is 72.0 Å². The van der Waals surface area contributed by atoms with Crippen molar-refractivity contribution in [3.8, 4) is 29.0 Å². The molecule has 17 heteroatoms. The number of anilines is 3. The molecule has 54 heavy (non-hydrogen) atoms. The number of fused-ring (bicyclic) bond motifs is 1. The molecule has 0 radical (unpaired) electrons. The van der Waals surface area contributed by atoms with Gasteiger partial charge in [-0.25, -0.2) is 13.8 Å². The first-order valence-corrected chi connectivity index (χ1v) is 17.8. The summed E-state index contributed by atoms with van der Waals surface area (Å²) in [5.74, 6) is -2.93. The molecule has 5 heterocycles. The Balaban J connectivity index is 1.57. The zero-order valence-corrected chi connectivity index (χ0v) is 30.2. The maximum absolute atomic E-state index is 17.5. The predicted octanol–water partition coefficient (Wildman–Crippen LogP) is 7.24. The fourth-order valence-corrected chi connectivity index (χ4v) is 8.69.